The maximum Gasteiger partial charge on any atom is 0.159 e. The summed E-state index contributed by atoms with van der Waals surface area (Å²) in [6.45, 7) is 8.97. The summed E-state index contributed by atoms with van der Waals surface area (Å²) in [4.78, 5) is 13.7. The smallest absolute Gasteiger partial charge is 0.159 e. The van der Waals surface area contributed by atoms with Crippen LogP contribution in [0.2, 0.25) is 5.02 Å². The Kier molecular flexibility index (Phi) is 6.24. The molecule has 0 N–H and O–H groups in total. The molecular weight excluding hydrogens is 274 g/mol. The van der Waals surface area contributed by atoms with Crippen LogP contribution in [0.1, 0.15) is 36.2 Å². The summed E-state index contributed by atoms with van der Waals surface area (Å²) in [7, 11) is 3.67. The van der Waals surface area contributed by atoms with Crippen molar-refractivity contribution in [3.63, 3.8) is 0 Å². The van der Waals surface area contributed by atoms with Gasteiger partial charge in [0.2, 0.25) is 0 Å². The minimum absolute atomic E-state index is 0.00621. The number of carbonyl (C=O) groups is 1. The van der Waals surface area contributed by atoms with E-state index in [1.807, 2.05) is 20.0 Å². The Bertz CT molecular complexity index is 511. The van der Waals surface area contributed by atoms with E-state index in [0.29, 0.717) is 17.2 Å². The van der Waals surface area contributed by atoms with Crippen molar-refractivity contribution in [1.29, 1.82) is 0 Å². The molecule has 3 nitrogen and oxygen atoms in total. The summed E-state index contributed by atoms with van der Waals surface area (Å²) in [5, 5.41) is 0.568. The number of benzene rings is 1. The molecule has 0 bridgehead atoms. The second-order valence-corrected chi connectivity index (χ2v) is 5.36. The van der Waals surface area contributed by atoms with Crippen LogP contribution in [0.3, 0.4) is 0 Å². The minimum Gasteiger partial charge on any atom is -0.385 e. The van der Waals surface area contributed by atoms with Gasteiger partial charge in [-0.3, -0.25) is 4.79 Å². The molecule has 0 radical (unpaired) electrons. The average Bonchev–Trinajstić information content (AvgIpc) is 2.37. The third-order valence-electron chi connectivity index (χ3n) is 3.16. The third-order valence-corrected chi connectivity index (χ3v) is 3.45. The first-order chi connectivity index (χ1) is 9.38. The maximum atomic E-state index is 11.6. The molecule has 0 heterocycles. The number of methoxy groups -OCH3 is 1. The Morgan fingerprint density at radius 3 is 2.55 bits per heavy atom. The van der Waals surface area contributed by atoms with Gasteiger partial charge in [-0.2, -0.15) is 0 Å². The molecule has 0 aliphatic rings. The Hall–Kier alpha value is -1.32. The van der Waals surface area contributed by atoms with E-state index in [2.05, 4.69) is 11.5 Å². The summed E-state index contributed by atoms with van der Waals surface area (Å²) in [5.41, 5.74) is 3.34. The van der Waals surface area contributed by atoms with Gasteiger partial charge in [-0.25, -0.2) is 0 Å². The Labute approximate surface area is 126 Å². The third kappa shape index (κ3) is 4.09. The molecule has 0 spiro atoms. The molecule has 0 unspecified atom stereocenters. The van der Waals surface area contributed by atoms with E-state index in [0.717, 1.165) is 29.8 Å². The summed E-state index contributed by atoms with van der Waals surface area (Å²) in [6.07, 6.45) is 0.907. The first-order valence-corrected chi connectivity index (χ1v) is 6.96. The summed E-state index contributed by atoms with van der Waals surface area (Å²) in [6, 6.07) is 3.59. The van der Waals surface area contributed by atoms with Gasteiger partial charge >= 0.3 is 0 Å². The highest BCUT2D eigenvalue weighted by molar-refractivity contribution is 6.33. The molecule has 110 valence electrons. The fourth-order valence-electron chi connectivity index (χ4n) is 2.09. The number of rotatable bonds is 7. The number of hydrogen-bond acceptors (Lipinski definition) is 3. The molecule has 0 aliphatic carbocycles. The lowest BCUT2D eigenvalue weighted by Crippen LogP contribution is -2.21. The summed E-state index contributed by atoms with van der Waals surface area (Å²) in [5.74, 6) is 0.00621. The van der Waals surface area contributed by atoms with Crippen LogP contribution in [0.15, 0.2) is 18.7 Å². The fourth-order valence-corrected chi connectivity index (χ4v) is 2.46. The number of hydrogen-bond donors (Lipinski definition) is 0. The molecule has 0 atom stereocenters. The van der Waals surface area contributed by atoms with E-state index in [9.17, 15) is 4.79 Å². The van der Waals surface area contributed by atoms with E-state index in [4.69, 9.17) is 16.3 Å². The van der Waals surface area contributed by atoms with E-state index < -0.39 is 0 Å². The SMILES string of the molecule is C=C(C)c1c(Cl)cc(C(C)=O)cc1N(C)CCCOC. The molecule has 0 fully saturated rings. The molecule has 0 saturated heterocycles. The van der Waals surface area contributed by atoms with Crippen LogP contribution in [0.4, 0.5) is 5.69 Å². The molecule has 1 rings (SSSR count). The van der Waals surface area contributed by atoms with Gasteiger partial charge in [-0.05, 0) is 38.0 Å². The van der Waals surface area contributed by atoms with Gasteiger partial charge in [0.1, 0.15) is 0 Å². The van der Waals surface area contributed by atoms with Gasteiger partial charge in [0.15, 0.2) is 5.78 Å². The first kappa shape index (κ1) is 16.7. The van der Waals surface area contributed by atoms with Crippen molar-refractivity contribution >= 4 is 28.6 Å². The topological polar surface area (TPSA) is 29.5 Å². The number of ether oxygens (including phenoxy) is 1. The Morgan fingerprint density at radius 1 is 1.40 bits per heavy atom. The van der Waals surface area contributed by atoms with E-state index in [1.165, 1.54) is 0 Å². The lowest BCUT2D eigenvalue weighted by molar-refractivity contribution is 0.101. The number of halogens is 1. The molecular formula is C16H22ClNO2. The quantitative estimate of drug-likeness (QED) is 0.561. The van der Waals surface area contributed by atoms with Crippen molar-refractivity contribution in [3.05, 3.63) is 34.9 Å². The second kappa shape index (κ2) is 7.46. The predicted octanol–water partition coefficient (Wildman–Crippen LogP) is 4.05. The first-order valence-electron chi connectivity index (χ1n) is 6.59. The van der Waals surface area contributed by atoms with E-state index >= 15 is 0 Å². The Balaban J connectivity index is 3.19. The molecule has 0 aliphatic heterocycles. The number of anilines is 1. The Morgan fingerprint density at radius 2 is 2.05 bits per heavy atom. The largest absolute Gasteiger partial charge is 0.385 e. The number of Topliss-reactive ketones (excluding diaryl/α,β-unsaturated/α-hetero) is 1. The highest BCUT2D eigenvalue weighted by atomic mass is 35.5. The second-order valence-electron chi connectivity index (χ2n) is 4.96. The molecule has 1 aromatic carbocycles. The fraction of sp³-hybridized carbons (Fsp3) is 0.438. The summed E-state index contributed by atoms with van der Waals surface area (Å²) < 4.78 is 5.07. The van der Waals surface area contributed by atoms with Gasteiger partial charge in [-0.1, -0.05) is 18.2 Å². The highest BCUT2D eigenvalue weighted by Gasteiger charge is 2.15. The van der Waals surface area contributed by atoms with Crippen LogP contribution in [-0.4, -0.2) is 33.1 Å². The van der Waals surface area contributed by atoms with Crippen molar-refractivity contribution in [2.75, 3.05) is 32.2 Å². The van der Waals surface area contributed by atoms with Crippen LogP contribution in [-0.2, 0) is 4.74 Å². The number of allylic oxidation sites excluding steroid dienone is 1. The monoisotopic (exact) mass is 295 g/mol. The minimum atomic E-state index is 0.00621. The zero-order chi connectivity index (χ0) is 15.3. The molecule has 0 aromatic heterocycles. The van der Waals surface area contributed by atoms with Gasteiger partial charge in [0.25, 0.3) is 0 Å². The van der Waals surface area contributed by atoms with Gasteiger partial charge in [-0.15, -0.1) is 0 Å². The van der Waals surface area contributed by atoms with Crippen molar-refractivity contribution in [1.82, 2.24) is 0 Å². The van der Waals surface area contributed by atoms with Gasteiger partial charge in [0.05, 0.1) is 5.02 Å². The lowest BCUT2D eigenvalue weighted by atomic mass is 10.0. The lowest BCUT2D eigenvalue weighted by Gasteiger charge is -2.24. The molecule has 0 saturated carbocycles. The van der Waals surface area contributed by atoms with Crippen molar-refractivity contribution < 1.29 is 9.53 Å². The summed E-state index contributed by atoms with van der Waals surface area (Å²) >= 11 is 6.31. The van der Waals surface area contributed by atoms with Gasteiger partial charge < -0.3 is 9.64 Å². The van der Waals surface area contributed by atoms with Crippen molar-refractivity contribution in [3.8, 4) is 0 Å². The maximum absolute atomic E-state index is 11.6. The van der Waals surface area contributed by atoms with Crippen molar-refractivity contribution in [2.45, 2.75) is 20.3 Å². The molecule has 4 heteroatoms. The highest BCUT2D eigenvalue weighted by Crippen LogP contribution is 2.34. The van der Waals surface area contributed by atoms with Crippen LogP contribution >= 0.6 is 11.6 Å². The number of carbonyl (C=O) groups excluding carboxylic acids is 1. The predicted molar refractivity (Wildman–Crippen MR) is 85.9 cm³/mol. The number of nitrogens with zero attached hydrogens (tertiary/aromatic N) is 1. The van der Waals surface area contributed by atoms with Crippen LogP contribution in [0.25, 0.3) is 5.57 Å². The van der Waals surface area contributed by atoms with Crippen LogP contribution in [0, 0.1) is 0 Å². The van der Waals surface area contributed by atoms with Crippen LogP contribution < -0.4 is 4.90 Å². The van der Waals surface area contributed by atoms with Gasteiger partial charge in [0, 0.05) is 44.1 Å². The van der Waals surface area contributed by atoms with Crippen LogP contribution in [0.5, 0.6) is 0 Å². The van der Waals surface area contributed by atoms with Crippen molar-refractivity contribution in [2.24, 2.45) is 0 Å². The molecule has 0 amide bonds. The normalized spacial score (nSPS) is 10.4. The zero-order valence-electron chi connectivity index (χ0n) is 12.6. The van der Waals surface area contributed by atoms with E-state index in [-0.39, 0.29) is 5.78 Å². The zero-order valence-corrected chi connectivity index (χ0v) is 13.4. The van der Waals surface area contributed by atoms with E-state index in [1.54, 1.807) is 20.1 Å². The number of ketones is 1. The standard InChI is InChI=1S/C16H22ClNO2/c1-11(2)16-14(17)9-13(12(3)19)10-15(16)18(4)7-6-8-20-5/h9-10H,1,6-8H2,2-5H3. The average molecular weight is 296 g/mol. The molecule has 20 heavy (non-hydrogen) atoms. The molecule has 1 aromatic rings.